The van der Waals surface area contributed by atoms with Crippen molar-refractivity contribution >= 4 is 44.6 Å². The molecule has 18 heteroatoms. The average molecular weight is 838 g/mol. The lowest BCUT2D eigenvalue weighted by Gasteiger charge is -2.35. The van der Waals surface area contributed by atoms with E-state index in [2.05, 4.69) is 20.3 Å². The number of amides is 4. The summed E-state index contributed by atoms with van der Waals surface area (Å²) in [6.07, 6.45) is 2.56. The van der Waals surface area contributed by atoms with E-state index < -0.39 is 92.3 Å². The number of carbonyl (C=O) groups is 4. The maximum absolute atomic E-state index is 14.8. The van der Waals surface area contributed by atoms with Crippen LogP contribution in [0, 0.1) is 17.8 Å². The van der Waals surface area contributed by atoms with E-state index >= 15 is 0 Å². The van der Waals surface area contributed by atoms with Crippen LogP contribution in [0.15, 0.2) is 30.5 Å². The summed E-state index contributed by atoms with van der Waals surface area (Å²) in [7, 11) is -2.91. The Bertz CT molecular complexity index is 2030. The molecule has 0 bridgehead atoms. The van der Waals surface area contributed by atoms with Crippen LogP contribution in [0.2, 0.25) is 0 Å². The summed E-state index contributed by atoms with van der Waals surface area (Å²) >= 11 is 0. The van der Waals surface area contributed by atoms with E-state index in [1.165, 1.54) is 18.2 Å². The summed E-state index contributed by atoms with van der Waals surface area (Å²) in [6, 6.07) is 4.58. The number of sulfonamides is 1. The van der Waals surface area contributed by atoms with E-state index in [1.807, 2.05) is 19.1 Å². The monoisotopic (exact) mass is 837 g/mol. The zero-order valence-electron chi connectivity index (χ0n) is 33.7. The summed E-state index contributed by atoms with van der Waals surface area (Å²) in [5.41, 5.74) is -3.87. The zero-order valence-corrected chi connectivity index (χ0v) is 34.6. The second-order valence-electron chi connectivity index (χ2n) is 17.3. The molecule has 7 unspecified atom stereocenters. The number of methoxy groups -OCH3 is 1. The molecule has 2 aromatic rings. The van der Waals surface area contributed by atoms with Crippen LogP contribution in [-0.4, -0.2) is 102 Å². The SMILES string of the molecule is COc1cnc(OC2CC3C(=O)NC4(C(=O)NS(=O)(=O)C5(CF)CC5)CC4CCCCC(C)CC(C)C(NC(=O)OC(C)(C)C(C)(F)F)C(=O)N3C2)c2ccccc12. The Labute approximate surface area is 336 Å². The predicted octanol–water partition coefficient (Wildman–Crippen LogP) is 5.18. The van der Waals surface area contributed by atoms with Gasteiger partial charge in [0.2, 0.25) is 27.7 Å². The van der Waals surface area contributed by atoms with Crippen molar-refractivity contribution in [2.24, 2.45) is 17.8 Å². The van der Waals surface area contributed by atoms with Gasteiger partial charge in [0.15, 0.2) is 5.60 Å². The van der Waals surface area contributed by atoms with Crippen LogP contribution in [0.25, 0.3) is 10.8 Å². The van der Waals surface area contributed by atoms with Crippen molar-refractivity contribution < 1.29 is 55.0 Å². The number of alkyl halides is 3. The van der Waals surface area contributed by atoms with Crippen LogP contribution in [0.1, 0.15) is 92.4 Å². The van der Waals surface area contributed by atoms with E-state index in [0.717, 1.165) is 20.3 Å². The van der Waals surface area contributed by atoms with Crippen LogP contribution >= 0.6 is 0 Å². The first-order chi connectivity index (χ1) is 27.2. The van der Waals surface area contributed by atoms with Gasteiger partial charge in [0, 0.05) is 24.1 Å². The molecule has 6 rings (SSSR count). The number of hydrogen-bond donors (Lipinski definition) is 3. The number of pyridine rings is 1. The molecule has 3 N–H and O–H groups in total. The molecule has 2 saturated heterocycles. The minimum Gasteiger partial charge on any atom is -0.494 e. The first-order valence-corrected chi connectivity index (χ1v) is 21.4. The number of aromatic nitrogens is 1. The van der Waals surface area contributed by atoms with E-state index in [-0.39, 0.29) is 44.0 Å². The van der Waals surface area contributed by atoms with Gasteiger partial charge in [-0.05, 0) is 69.8 Å². The maximum Gasteiger partial charge on any atom is 0.408 e. The molecule has 2 aliphatic carbocycles. The number of nitrogens with zero attached hydrogens (tertiary/aromatic N) is 2. The van der Waals surface area contributed by atoms with Crippen LogP contribution < -0.4 is 24.8 Å². The van der Waals surface area contributed by atoms with Gasteiger partial charge in [-0.2, -0.15) is 0 Å². The fraction of sp³-hybridized carbons (Fsp3) is 0.675. The van der Waals surface area contributed by atoms with E-state index in [1.54, 1.807) is 19.1 Å². The number of fused-ring (bicyclic) bond motifs is 3. The van der Waals surface area contributed by atoms with Crippen molar-refractivity contribution in [1.29, 1.82) is 0 Å². The Morgan fingerprint density at radius 1 is 1.05 bits per heavy atom. The van der Waals surface area contributed by atoms with Crippen molar-refractivity contribution in [3.63, 3.8) is 0 Å². The number of nitrogens with one attached hydrogen (secondary N) is 3. The highest BCUT2D eigenvalue weighted by Gasteiger charge is 2.64. The number of alkyl carbamates (subject to hydrolysis) is 1. The summed E-state index contributed by atoms with van der Waals surface area (Å²) < 4.78 is 86.5. The van der Waals surface area contributed by atoms with Gasteiger partial charge in [0.1, 0.15) is 40.9 Å². The van der Waals surface area contributed by atoms with Gasteiger partial charge in [0.25, 0.3) is 11.8 Å². The molecule has 58 heavy (non-hydrogen) atoms. The molecule has 2 aliphatic heterocycles. The van der Waals surface area contributed by atoms with Crippen LogP contribution in [-0.2, 0) is 29.1 Å². The number of ether oxygens (including phenoxy) is 3. The molecule has 1 aromatic carbocycles. The third-order valence-corrected chi connectivity index (χ3v) is 14.7. The van der Waals surface area contributed by atoms with E-state index in [9.17, 15) is 40.8 Å². The highest BCUT2D eigenvalue weighted by atomic mass is 32.2. The minimum absolute atomic E-state index is 0.0390. The molecule has 0 radical (unpaired) electrons. The Balaban J connectivity index is 1.35. The zero-order chi connectivity index (χ0) is 42.4. The Morgan fingerprint density at radius 2 is 1.72 bits per heavy atom. The summed E-state index contributed by atoms with van der Waals surface area (Å²) in [5.74, 6) is -6.11. The topological polar surface area (TPSA) is 182 Å². The van der Waals surface area contributed by atoms with Gasteiger partial charge in [-0.25, -0.2) is 31.4 Å². The van der Waals surface area contributed by atoms with Gasteiger partial charge in [-0.3, -0.25) is 19.1 Å². The van der Waals surface area contributed by atoms with Crippen molar-refractivity contribution in [3.8, 4) is 11.6 Å². The molecule has 3 heterocycles. The highest BCUT2D eigenvalue weighted by Crippen LogP contribution is 2.49. The third-order valence-electron chi connectivity index (χ3n) is 12.6. The molecule has 4 aliphatic rings. The van der Waals surface area contributed by atoms with Crippen molar-refractivity contribution in [3.05, 3.63) is 30.5 Å². The highest BCUT2D eigenvalue weighted by molar-refractivity contribution is 7.91. The summed E-state index contributed by atoms with van der Waals surface area (Å²) in [6.45, 7) is 5.14. The molecule has 4 amide bonds. The van der Waals surface area contributed by atoms with Crippen molar-refractivity contribution in [2.75, 3.05) is 20.3 Å². The van der Waals surface area contributed by atoms with E-state index in [0.29, 0.717) is 49.1 Å². The first kappa shape index (κ1) is 43.2. The Morgan fingerprint density at radius 3 is 2.36 bits per heavy atom. The number of halogens is 3. The molecular weight excluding hydrogens is 784 g/mol. The van der Waals surface area contributed by atoms with Crippen LogP contribution in [0.5, 0.6) is 11.6 Å². The molecular formula is C40H54F3N5O9S. The second kappa shape index (κ2) is 16.0. The van der Waals surface area contributed by atoms with Gasteiger partial charge in [0.05, 0.1) is 19.9 Å². The predicted molar refractivity (Wildman–Crippen MR) is 206 cm³/mol. The Kier molecular flexibility index (Phi) is 11.9. The Hall–Kier alpha value is -4.35. The fourth-order valence-corrected chi connectivity index (χ4v) is 9.64. The lowest BCUT2D eigenvalue weighted by Crippen LogP contribution is -2.60. The van der Waals surface area contributed by atoms with Crippen molar-refractivity contribution in [2.45, 2.75) is 132 Å². The largest absolute Gasteiger partial charge is 0.494 e. The second-order valence-corrected chi connectivity index (χ2v) is 19.4. The molecule has 320 valence electrons. The number of rotatable bonds is 10. The van der Waals surface area contributed by atoms with Crippen molar-refractivity contribution in [1.82, 2.24) is 25.2 Å². The lowest BCUT2D eigenvalue weighted by molar-refractivity contribution is -0.152. The third kappa shape index (κ3) is 8.53. The van der Waals surface area contributed by atoms with Crippen LogP contribution in [0.3, 0.4) is 0 Å². The molecule has 0 spiro atoms. The van der Waals surface area contributed by atoms with Gasteiger partial charge >= 0.3 is 6.09 Å². The van der Waals surface area contributed by atoms with Crippen LogP contribution in [0.4, 0.5) is 18.0 Å². The molecule has 4 fully saturated rings. The number of carbonyl (C=O) groups excluding carboxylic acids is 4. The number of benzene rings is 1. The summed E-state index contributed by atoms with van der Waals surface area (Å²) in [5, 5.41) is 6.64. The molecule has 14 nitrogen and oxygen atoms in total. The van der Waals surface area contributed by atoms with Gasteiger partial charge in [-0.1, -0.05) is 51.3 Å². The number of hydrogen-bond acceptors (Lipinski definition) is 10. The van der Waals surface area contributed by atoms with E-state index in [4.69, 9.17) is 14.2 Å². The molecule has 1 aromatic heterocycles. The fourth-order valence-electron chi connectivity index (χ4n) is 8.21. The van der Waals surface area contributed by atoms with Gasteiger partial charge < -0.3 is 29.7 Å². The van der Waals surface area contributed by atoms with Gasteiger partial charge in [-0.15, -0.1) is 0 Å². The quantitative estimate of drug-likeness (QED) is 0.289. The first-order valence-electron chi connectivity index (χ1n) is 19.9. The standard InChI is InChI=1S/C40H54F3N5O9S/c1-23-11-7-8-12-25-19-40(25,35(51)47-58(53,54)39(22-41)15-16-39)46-32(49)29-18-26(56-33-28-14-10-9-13-27(28)30(55-6)20-44-33)21-48(29)34(50)31(24(2)17-23)45-36(52)57-37(3,4)38(5,42)43/h9-10,13-14,20,23-26,29,31H,7-8,11-12,15-19,21-22H2,1-6H3,(H,45,52)(H,46,49)(H,47,51). The lowest BCUT2D eigenvalue weighted by atomic mass is 9.87. The average Bonchev–Trinajstić information content (AvgIpc) is 4.06. The maximum atomic E-state index is 14.8. The summed E-state index contributed by atoms with van der Waals surface area (Å²) in [4.78, 5) is 62.3. The minimum atomic E-state index is -4.41. The smallest absolute Gasteiger partial charge is 0.408 e. The molecule has 7 atom stereocenters. The normalized spacial score (nSPS) is 29.2. The molecule has 2 saturated carbocycles.